The number of likely N-dealkylation sites (tertiary alicyclic amines) is 1. The average Bonchev–Trinajstić information content (AvgIpc) is 2.34. The smallest absolute Gasteiger partial charge is 0.122 e. The third-order valence-electron chi connectivity index (χ3n) is 3.36. The number of aryl methyl sites for hydroxylation is 1. The van der Waals surface area contributed by atoms with E-state index in [-0.39, 0.29) is 6.10 Å². The van der Waals surface area contributed by atoms with Crippen molar-refractivity contribution in [2.24, 2.45) is 0 Å². The van der Waals surface area contributed by atoms with Gasteiger partial charge in [0.2, 0.25) is 0 Å². The Morgan fingerprint density at radius 1 is 1.39 bits per heavy atom. The first-order chi connectivity index (χ1) is 8.65. The molecule has 0 saturated carbocycles. The van der Waals surface area contributed by atoms with E-state index in [0.29, 0.717) is 0 Å². The zero-order valence-corrected chi connectivity index (χ0v) is 12.9. The fourth-order valence-electron chi connectivity index (χ4n) is 2.20. The van der Waals surface area contributed by atoms with Crippen LogP contribution in [0.5, 0.6) is 5.75 Å². The summed E-state index contributed by atoms with van der Waals surface area (Å²) >= 11 is 2.31. The number of rotatable bonds is 4. The molecule has 1 saturated heterocycles. The van der Waals surface area contributed by atoms with Gasteiger partial charge in [-0.25, -0.2) is 0 Å². The molecule has 4 heteroatoms. The highest BCUT2D eigenvalue weighted by Gasteiger charge is 2.16. The van der Waals surface area contributed by atoms with Crippen molar-refractivity contribution < 1.29 is 9.84 Å². The van der Waals surface area contributed by atoms with Crippen LogP contribution in [0.1, 0.15) is 18.4 Å². The highest BCUT2D eigenvalue weighted by molar-refractivity contribution is 14.1. The van der Waals surface area contributed by atoms with Crippen LogP contribution in [-0.2, 0) is 0 Å². The average molecular weight is 361 g/mol. The minimum Gasteiger partial charge on any atom is -0.492 e. The quantitative estimate of drug-likeness (QED) is 0.837. The van der Waals surface area contributed by atoms with Crippen LogP contribution in [0.15, 0.2) is 18.2 Å². The molecule has 1 heterocycles. The fourth-order valence-corrected chi connectivity index (χ4v) is 2.85. The molecule has 1 aliphatic heterocycles. The highest BCUT2D eigenvalue weighted by Crippen LogP contribution is 2.20. The third-order valence-corrected chi connectivity index (χ3v) is 4.03. The number of piperidine rings is 1. The topological polar surface area (TPSA) is 32.7 Å². The van der Waals surface area contributed by atoms with Crippen LogP contribution >= 0.6 is 22.6 Å². The number of hydrogen-bond acceptors (Lipinski definition) is 3. The lowest BCUT2D eigenvalue weighted by molar-refractivity contribution is 0.0754. The molecule has 2 rings (SSSR count). The largest absolute Gasteiger partial charge is 0.492 e. The van der Waals surface area contributed by atoms with Gasteiger partial charge in [-0.3, -0.25) is 4.90 Å². The van der Waals surface area contributed by atoms with E-state index < -0.39 is 0 Å². The Morgan fingerprint density at radius 3 is 2.78 bits per heavy atom. The predicted molar refractivity (Wildman–Crippen MR) is 81.1 cm³/mol. The van der Waals surface area contributed by atoms with Crippen LogP contribution < -0.4 is 4.74 Å². The minimum absolute atomic E-state index is 0.0967. The summed E-state index contributed by atoms with van der Waals surface area (Å²) in [6.45, 7) is 5.71. The summed E-state index contributed by atoms with van der Waals surface area (Å²) in [7, 11) is 0. The maximum atomic E-state index is 9.43. The summed E-state index contributed by atoms with van der Waals surface area (Å²) in [5.41, 5.74) is 1.19. The van der Waals surface area contributed by atoms with Crippen LogP contribution in [0.2, 0.25) is 0 Å². The van der Waals surface area contributed by atoms with Gasteiger partial charge in [-0.1, -0.05) is 0 Å². The first-order valence-electron chi connectivity index (χ1n) is 6.44. The van der Waals surface area contributed by atoms with Crippen molar-refractivity contribution in [3.05, 3.63) is 27.3 Å². The minimum atomic E-state index is -0.0967. The molecule has 1 fully saturated rings. The maximum absolute atomic E-state index is 9.43. The van der Waals surface area contributed by atoms with Gasteiger partial charge in [0.1, 0.15) is 12.4 Å². The summed E-state index contributed by atoms with van der Waals surface area (Å²) in [5, 5.41) is 9.43. The second-order valence-electron chi connectivity index (χ2n) is 4.83. The molecular formula is C14H20INO2. The Labute approximate surface area is 122 Å². The fraction of sp³-hybridized carbons (Fsp3) is 0.571. The van der Waals surface area contributed by atoms with Crippen LogP contribution in [0.3, 0.4) is 0 Å². The van der Waals surface area contributed by atoms with Gasteiger partial charge >= 0.3 is 0 Å². The van der Waals surface area contributed by atoms with E-state index in [9.17, 15) is 5.11 Å². The monoisotopic (exact) mass is 361 g/mol. The zero-order valence-electron chi connectivity index (χ0n) is 10.7. The summed E-state index contributed by atoms with van der Waals surface area (Å²) in [6, 6.07) is 6.24. The van der Waals surface area contributed by atoms with Crippen LogP contribution in [-0.4, -0.2) is 42.4 Å². The van der Waals surface area contributed by atoms with Gasteiger partial charge in [-0.05, 0) is 66.1 Å². The van der Waals surface area contributed by atoms with Crippen molar-refractivity contribution in [2.45, 2.75) is 25.9 Å². The van der Waals surface area contributed by atoms with Gasteiger partial charge in [0.05, 0.1) is 6.10 Å². The first kappa shape index (κ1) is 14.1. The number of halogens is 1. The molecule has 0 amide bonds. The van der Waals surface area contributed by atoms with Crippen molar-refractivity contribution >= 4 is 22.6 Å². The van der Waals surface area contributed by atoms with E-state index in [4.69, 9.17) is 4.74 Å². The molecule has 1 N–H and O–H groups in total. The Kier molecular flexibility index (Phi) is 5.26. The van der Waals surface area contributed by atoms with E-state index >= 15 is 0 Å². The Balaban J connectivity index is 1.75. The summed E-state index contributed by atoms with van der Waals surface area (Å²) in [6.07, 6.45) is 1.69. The van der Waals surface area contributed by atoms with Crippen molar-refractivity contribution in [3.8, 4) is 5.75 Å². The number of benzene rings is 1. The molecule has 0 radical (unpaired) electrons. The number of ether oxygens (including phenoxy) is 1. The van der Waals surface area contributed by atoms with Gasteiger partial charge in [0.15, 0.2) is 0 Å². The third kappa shape index (κ3) is 4.10. The second-order valence-corrected chi connectivity index (χ2v) is 6.08. The molecule has 3 nitrogen and oxygen atoms in total. The Morgan fingerprint density at radius 2 is 2.11 bits per heavy atom. The van der Waals surface area contributed by atoms with E-state index in [2.05, 4.69) is 46.5 Å². The van der Waals surface area contributed by atoms with Crippen LogP contribution in [0.4, 0.5) is 0 Å². The Bertz CT molecular complexity index is 389. The lowest BCUT2D eigenvalue weighted by Crippen LogP contribution is -2.38. The first-order valence-corrected chi connectivity index (χ1v) is 7.52. The SMILES string of the molecule is Cc1cc(I)ccc1OCCN1CCC(O)CC1. The zero-order chi connectivity index (χ0) is 13.0. The number of hydrogen-bond donors (Lipinski definition) is 1. The van der Waals surface area contributed by atoms with E-state index in [1.54, 1.807) is 0 Å². The van der Waals surface area contributed by atoms with Gasteiger partial charge in [0.25, 0.3) is 0 Å². The molecule has 1 aromatic carbocycles. The number of aliphatic hydroxyl groups is 1. The van der Waals surface area contributed by atoms with Gasteiger partial charge < -0.3 is 9.84 Å². The van der Waals surface area contributed by atoms with Crippen molar-refractivity contribution in [1.82, 2.24) is 4.90 Å². The van der Waals surface area contributed by atoms with Gasteiger partial charge in [-0.15, -0.1) is 0 Å². The van der Waals surface area contributed by atoms with Gasteiger partial charge in [0, 0.05) is 23.2 Å². The molecule has 0 aromatic heterocycles. The molecule has 100 valence electrons. The Hall–Kier alpha value is -0.330. The predicted octanol–water partition coefficient (Wildman–Crippen LogP) is 2.44. The lowest BCUT2D eigenvalue weighted by atomic mass is 10.1. The van der Waals surface area contributed by atoms with E-state index in [0.717, 1.165) is 44.8 Å². The maximum Gasteiger partial charge on any atom is 0.122 e. The van der Waals surface area contributed by atoms with Crippen molar-refractivity contribution in [2.75, 3.05) is 26.2 Å². The summed E-state index contributed by atoms with van der Waals surface area (Å²) < 4.78 is 7.05. The number of nitrogens with zero attached hydrogens (tertiary/aromatic N) is 1. The normalized spacial score (nSPS) is 17.9. The molecule has 0 unspecified atom stereocenters. The molecule has 18 heavy (non-hydrogen) atoms. The molecule has 0 bridgehead atoms. The summed E-state index contributed by atoms with van der Waals surface area (Å²) in [5.74, 6) is 0.979. The van der Waals surface area contributed by atoms with Crippen molar-refractivity contribution in [1.29, 1.82) is 0 Å². The number of aliphatic hydroxyl groups excluding tert-OH is 1. The van der Waals surface area contributed by atoms with Crippen LogP contribution in [0, 0.1) is 10.5 Å². The second kappa shape index (κ2) is 6.73. The highest BCUT2D eigenvalue weighted by atomic mass is 127. The van der Waals surface area contributed by atoms with Gasteiger partial charge in [-0.2, -0.15) is 0 Å². The van der Waals surface area contributed by atoms with E-state index in [1.807, 2.05) is 6.07 Å². The molecule has 1 aromatic rings. The standard InChI is InChI=1S/C14H20INO2/c1-11-10-12(15)2-3-14(11)18-9-8-16-6-4-13(17)5-7-16/h2-3,10,13,17H,4-9H2,1H3. The molecule has 0 aliphatic carbocycles. The van der Waals surface area contributed by atoms with Crippen LogP contribution in [0.25, 0.3) is 0 Å². The molecular weight excluding hydrogens is 341 g/mol. The molecule has 0 spiro atoms. The lowest BCUT2D eigenvalue weighted by Gasteiger charge is -2.29. The molecule has 1 aliphatic rings. The molecule has 0 atom stereocenters. The van der Waals surface area contributed by atoms with E-state index in [1.165, 1.54) is 9.13 Å². The van der Waals surface area contributed by atoms with Crippen molar-refractivity contribution in [3.63, 3.8) is 0 Å². The summed E-state index contributed by atoms with van der Waals surface area (Å²) in [4.78, 5) is 2.36.